The number of ether oxygens (including phenoxy) is 1. The van der Waals surface area contributed by atoms with E-state index in [0.717, 1.165) is 17.5 Å². The van der Waals surface area contributed by atoms with Crippen LogP contribution in [-0.4, -0.2) is 5.97 Å². The van der Waals surface area contributed by atoms with Crippen molar-refractivity contribution >= 4 is 5.97 Å². The molecule has 0 aliphatic carbocycles. The molecule has 2 aromatic rings. The standard InChI is InChI=1S/C18H20O2/c1-4-18(2,3)17(19)20-16-13-9-8-12-15(16)14-10-6-5-7-11-14/h5-13H,4H2,1-3H3. The van der Waals surface area contributed by atoms with E-state index in [-0.39, 0.29) is 5.97 Å². The lowest BCUT2D eigenvalue weighted by molar-refractivity contribution is -0.144. The van der Waals surface area contributed by atoms with Gasteiger partial charge in [0.2, 0.25) is 0 Å². The van der Waals surface area contributed by atoms with Crippen molar-refractivity contribution < 1.29 is 9.53 Å². The minimum atomic E-state index is -0.468. The minimum Gasteiger partial charge on any atom is -0.425 e. The molecule has 2 rings (SSSR count). The van der Waals surface area contributed by atoms with Gasteiger partial charge in [-0.1, -0.05) is 55.5 Å². The van der Waals surface area contributed by atoms with Gasteiger partial charge < -0.3 is 4.74 Å². The van der Waals surface area contributed by atoms with Gasteiger partial charge in [-0.15, -0.1) is 0 Å². The molecule has 0 heterocycles. The third-order valence-corrected chi connectivity index (χ3v) is 3.61. The third-order valence-electron chi connectivity index (χ3n) is 3.61. The van der Waals surface area contributed by atoms with Crippen molar-refractivity contribution in [3.05, 3.63) is 54.6 Å². The van der Waals surface area contributed by atoms with Crippen LogP contribution < -0.4 is 4.74 Å². The fourth-order valence-electron chi connectivity index (χ4n) is 1.79. The van der Waals surface area contributed by atoms with Crippen molar-refractivity contribution in [3.63, 3.8) is 0 Å². The molecule has 0 unspecified atom stereocenters. The van der Waals surface area contributed by atoms with E-state index in [1.54, 1.807) is 0 Å². The Balaban J connectivity index is 2.33. The summed E-state index contributed by atoms with van der Waals surface area (Å²) in [5.74, 6) is 0.425. The molecular formula is C18H20O2. The number of carbonyl (C=O) groups excluding carboxylic acids is 1. The summed E-state index contributed by atoms with van der Waals surface area (Å²) in [6, 6.07) is 17.6. The van der Waals surface area contributed by atoms with Crippen LogP contribution in [-0.2, 0) is 4.79 Å². The van der Waals surface area contributed by atoms with Gasteiger partial charge in [0.05, 0.1) is 5.41 Å². The highest BCUT2D eigenvalue weighted by atomic mass is 16.5. The molecule has 0 saturated carbocycles. The first-order valence-electron chi connectivity index (χ1n) is 6.91. The lowest BCUT2D eigenvalue weighted by atomic mass is 9.90. The van der Waals surface area contributed by atoms with Gasteiger partial charge in [0.25, 0.3) is 0 Å². The van der Waals surface area contributed by atoms with Crippen LogP contribution in [0.2, 0.25) is 0 Å². The summed E-state index contributed by atoms with van der Waals surface area (Å²) in [4.78, 5) is 12.2. The highest BCUT2D eigenvalue weighted by Gasteiger charge is 2.28. The molecule has 2 heteroatoms. The predicted molar refractivity (Wildman–Crippen MR) is 81.6 cm³/mol. The van der Waals surface area contributed by atoms with Crippen LogP contribution in [0.3, 0.4) is 0 Å². The maximum absolute atomic E-state index is 12.2. The first-order chi connectivity index (χ1) is 9.54. The van der Waals surface area contributed by atoms with E-state index in [1.165, 1.54) is 0 Å². The van der Waals surface area contributed by atoms with Crippen LogP contribution in [0, 0.1) is 5.41 Å². The Labute approximate surface area is 120 Å². The van der Waals surface area contributed by atoms with Gasteiger partial charge in [0, 0.05) is 5.56 Å². The lowest BCUT2D eigenvalue weighted by Gasteiger charge is -2.21. The number of esters is 1. The number of para-hydroxylation sites is 1. The SMILES string of the molecule is CCC(C)(C)C(=O)Oc1ccccc1-c1ccccc1. The Morgan fingerprint density at radius 2 is 1.60 bits per heavy atom. The van der Waals surface area contributed by atoms with Crippen molar-refractivity contribution in [1.82, 2.24) is 0 Å². The zero-order chi connectivity index (χ0) is 14.6. The maximum Gasteiger partial charge on any atom is 0.316 e. The Hall–Kier alpha value is -2.09. The van der Waals surface area contributed by atoms with Gasteiger partial charge in [0.15, 0.2) is 0 Å². The first kappa shape index (κ1) is 14.3. The van der Waals surface area contributed by atoms with E-state index < -0.39 is 5.41 Å². The average molecular weight is 268 g/mol. The highest BCUT2D eigenvalue weighted by molar-refractivity contribution is 5.81. The molecule has 0 aliphatic heterocycles. The van der Waals surface area contributed by atoms with E-state index in [0.29, 0.717) is 5.75 Å². The van der Waals surface area contributed by atoms with E-state index in [1.807, 2.05) is 75.4 Å². The fourth-order valence-corrected chi connectivity index (χ4v) is 1.79. The van der Waals surface area contributed by atoms with E-state index in [2.05, 4.69) is 0 Å². The van der Waals surface area contributed by atoms with Crippen molar-refractivity contribution in [2.45, 2.75) is 27.2 Å². The smallest absolute Gasteiger partial charge is 0.316 e. The Kier molecular flexibility index (Phi) is 4.23. The topological polar surface area (TPSA) is 26.3 Å². The predicted octanol–water partition coefficient (Wildman–Crippen LogP) is 4.70. The molecule has 20 heavy (non-hydrogen) atoms. The molecule has 2 aromatic carbocycles. The number of hydrogen-bond acceptors (Lipinski definition) is 2. The highest BCUT2D eigenvalue weighted by Crippen LogP contribution is 2.32. The molecule has 2 nitrogen and oxygen atoms in total. The van der Waals surface area contributed by atoms with Gasteiger partial charge in [-0.05, 0) is 31.9 Å². The monoisotopic (exact) mass is 268 g/mol. The molecule has 0 aliphatic rings. The molecule has 0 spiro atoms. The molecule has 0 bridgehead atoms. The second-order valence-electron chi connectivity index (χ2n) is 5.49. The summed E-state index contributed by atoms with van der Waals surface area (Å²) in [5.41, 5.74) is 1.52. The van der Waals surface area contributed by atoms with Gasteiger partial charge >= 0.3 is 5.97 Å². The van der Waals surface area contributed by atoms with Gasteiger partial charge in [-0.2, -0.15) is 0 Å². The molecule has 0 fully saturated rings. The average Bonchev–Trinajstić information content (AvgIpc) is 2.48. The second-order valence-corrected chi connectivity index (χ2v) is 5.49. The molecule has 0 saturated heterocycles. The quantitative estimate of drug-likeness (QED) is 0.593. The van der Waals surface area contributed by atoms with Crippen molar-refractivity contribution in [2.24, 2.45) is 5.41 Å². The fraction of sp³-hybridized carbons (Fsp3) is 0.278. The summed E-state index contributed by atoms with van der Waals surface area (Å²) < 4.78 is 5.62. The zero-order valence-corrected chi connectivity index (χ0v) is 12.2. The van der Waals surface area contributed by atoms with Crippen LogP contribution in [0.15, 0.2) is 54.6 Å². The number of benzene rings is 2. The van der Waals surface area contributed by atoms with E-state index in [4.69, 9.17) is 4.74 Å². The van der Waals surface area contributed by atoms with Gasteiger partial charge in [0.1, 0.15) is 5.75 Å². The summed E-state index contributed by atoms with van der Waals surface area (Å²) in [7, 11) is 0. The molecule has 0 atom stereocenters. The van der Waals surface area contributed by atoms with Crippen LogP contribution >= 0.6 is 0 Å². The Morgan fingerprint density at radius 3 is 2.25 bits per heavy atom. The van der Waals surface area contributed by atoms with Crippen LogP contribution in [0.25, 0.3) is 11.1 Å². The van der Waals surface area contributed by atoms with Crippen LogP contribution in [0.1, 0.15) is 27.2 Å². The summed E-state index contributed by atoms with van der Waals surface area (Å²) in [6.45, 7) is 5.80. The summed E-state index contributed by atoms with van der Waals surface area (Å²) in [5, 5.41) is 0. The normalized spacial score (nSPS) is 11.2. The summed E-state index contributed by atoms with van der Waals surface area (Å²) >= 11 is 0. The number of rotatable bonds is 4. The zero-order valence-electron chi connectivity index (χ0n) is 12.2. The molecular weight excluding hydrogens is 248 g/mol. The Bertz CT molecular complexity index is 585. The largest absolute Gasteiger partial charge is 0.425 e. The van der Waals surface area contributed by atoms with Crippen molar-refractivity contribution in [1.29, 1.82) is 0 Å². The molecule has 0 amide bonds. The minimum absolute atomic E-state index is 0.191. The van der Waals surface area contributed by atoms with Crippen molar-refractivity contribution in [2.75, 3.05) is 0 Å². The Morgan fingerprint density at radius 1 is 1.00 bits per heavy atom. The third kappa shape index (κ3) is 3.08. The molecule has 0 aromatic heterocycles. The molecule has 0 radical (unpaired) electrons. The van der Waals surface area contributed by atoms with Crippen LogP contribution in [0.4, 0.5) is 0 Å². The number of hydrogen-bond donors (Lipinski definition) is 0. The van der Waals surface area contributed by atoms with Crippen molar-refractivity contribution in [3.8, 4) is 16.9 Å². The van der Waals surface area contributed by atoms with E-state index >= 15 is 0 Å². The maximum atomic E-state index is 12.2. The molecule has 104 valence electrons. The second kappa shape index (κ2) is 5.91. The van der Waals surface area contributed by atoms with Crippen LogP contribution in [0.5, 0.6) is 5.75 Å². The lowest BCUT2D eigenvalue weighted by Crippen LogP contribution is -2.28. The van der Waals surface area contributed by atoms with Gasteiger partial charge in [-0.3, -0.25) is 4.79 Å². The first-order valence-corrected chi connectivity index (χ1v) is 6.91. The van der Waals surface area contributed by atoms with E-state index in [9.17, 15) is 4.79 Å². The summed E-state index contributed by atoms with van der Waals surface area (Å²) in [6.07, 6.45) is 0.749. The number of carbonyl (C=O) groups is 1. The molecule has 0 N–H and O–H groups in total. The van der Waals surface area contributed by atoms with Gasteiger partial charge in [-0.25, -0.2) is 0 Å².